The van der Waals surface area contributed by atoms with E-state index in [0.29, 0.717) is 11.3 Å². The van der Waals surface area contributed by atoms with E-state index in [1.54, 1.807) is 19.4 Å². The lowest BCUT2D eigenvalue weighted by atomic mass is 10.1. The Morgan fingerprint density at radius 1 is 1.47 bits per heavy atom. The molecular weight excluding hydrogens is 210 g/mol. The molecule has 1 aromatic heterocycles. The Morgan fingerprint density at radius 3 is 2.93 bits per heavy atom. The second-order valence-electron chi connectivity index (χ2n) is 2.88. The van der Waals surface area contributed by atoms with Crippen LogP contribution in [0.2, 0.25) is 0 Å². The molecule has 0 aliphatic carbocycles. The van der Waals surface area contributed by atoms with E-state index in [2.05, 4.69) is 4.98 Å². The lowest BCUT2D eigenvalue weighted by Crippen LogP contribution is -1.93. The number of ether oxygens (including phenoxy) is 1. The number of rotatable bonds is 3. The third-order valence-electron chi connectivity index (χ3n) is 2.04. The van der Waals surface area contributed by atoms with Crippen molar-refractivity contribution in [2.45, 2.75) is 0 Å². The highest BCUT2D eigenvalue weighted by Gasteiger charge is 2.11. The van der Waals surface area contributed by atoms with Crippen LogP contribution in [0.3, 0.4) is 0 Å². The van der Waals surface area contributed by atoms with Gasteiger partial charge >= 0.3 is 0 Å². The first kappa shape index (κ1) is 9.86. The minimum absolute atomic E-state index is 0.546. The highest BCUT2D eigenvalue weighted by Crippen LogP contribution is 2.33. The van der Waals surface area contributed by atoms with E-state index in [0.717, 1.165) is 16.9 Å². The van der Waals surface area contributed by atoms with Crippen molar-refractivity contribution in [2.24, 2.45) is 0 Å². The molecule has 1 heterocycles. The highest BCUT2D eigenvalue weighted by atomic mass is 32.1. The average molecular weight is 219 g/mol. The van der Waals surface area contributed by atoms with Gasteiger partial charge in [-0.1, -0.05) is 6.07 Å². The summed E-state index contributed by atoms with van der Waals surface area (Å²) in [4.78, 5) is 15.0. The second-order valence-corrected chi connectivity index (χ2v) is 3.78. The Kier molecular flexibility index (Phi) is 2.78. The number of thiazole rings is 1. The molecule has 0 unspecified atom stereocenters. The quantitative estimate of drug-likeness (QED) is 0.745. The molecule has 0 aliphatic heterocycles. The van der Waals surface area contributed by atoms with Crippen molar-refractivity contribution in [1.29, 1.82) is 0 Å². The summed E-state index contributed by atoms with van der Waals surface area (Å²) in [5.41, 5.74) is 1.40. The fourth-order valence-electron chi connectivity index (χ4n) is 1.40. The number of hydrogen-bond acceptors (Lipinski definition) is 4. The van der Waals surface area contributed by atoms with Crippen LogP contribution in [0, 0.1) is 0 Å². The molecule has 0 spiro atoms. The van der Waals surface area contributed by atoms with Gasteiger partial charge in [0.25, 0.3) is 0 Å². The maximum Gasteiger partial charge on any atom is 0.153 e. The number of aromatic nitrogens is 1. The topological polar surface area (TPSA) is 39.2 Å². The van der Waals surface area contributed by atoms with E-state index in [1.165, 1.54) is 11.3 Å². The van der Waals surface area contributed by atoms with Crippen LogP contribution in [-0.4, -0.2) is 18.4 Å². The second kappa shape index (κ2) is 4.23. The van der Waals surface area contributed by atoms with Crippen LogP contribution in [0.1, 0.15) is 10.4 Å². The van der Waals surface area contributed by atoms with Crippen molar-refractivity contribution >= 4 is 17.6 Å². The molecule has 0 saturated heterocycles. The summed E-state index contributed by atoms with van der Waals surface area (Å²) in [6, 6.07) is 5.44. The zero-order valence-electron chi connectivity index (χ0n) is 8.14. The van der Waals surface area contributed by atoms with E-state index in [4.69, 9.17) is 4.74 Å². The lowest BCUT2D eigenvalue weighted by Gasteiger charge is -2.07. The normalized spacial score (nSPS) is 9.93. The molecule has 0 N–H and O–H groups in total. The molecule has 2 aromatic rings. The van der Waals surface area contributed by atoms with Crippen molar-refractivity contribution in [3.63, 3.8) is 0 Å². The van der Waals surface area contributed by atoms with Crippen LogP contribution in [0.5, 0.6) is 5.75 Å². The van der Waals surface area contributed by atoms with Crippen LogP contribution in [0.25, 0.3) is 10.6 Å². The summed E-state index contributed by atoms with van der Waals surface area (Å²) in [6.07, 6.45) is 2.52. The molecule has 15 heavy (non-hydrogen) atoms. The van der Waals surface area contributed by atoms with Crippen LogP contribution < -0.4 is 4.74 Å². The molecule has 0 saturated carbocycles. The molecule has 0 atom stereocenters. The van der Waals surface area contributed by atoms with Crippen molar-refractivity contribution in [2.75, 3.05) is 7.11 Å². The van der Waals surface area contributed by atoms with Gasteiger partial charge in [-0.15, -0.1) is 11.3 Å². The molecular formula is C11H9NO2S. The van der Waals surface area contributed by atoms with Crippen molar-refractivity contribution in [3.05, 3.63) is 35.3 Å². The summed E-state index contributed by atoms with van der Waals surface area (Å²) < 4.78 is 5.23. The minimum atomic E-state index is 0.546. The van der Waals surface area contributed by atoms with Gasteiger partial charge < -0.3 is 4.74 Å². The fraction of sp³-hybridized carbons (Fsp3) is 0.0909. The number of para-hydroxylation sites is 1. The summed E-state index contributed by atoms with van der Waals surface area (Å²) in [5.74, 6) is 0.586. The van der Waals surface area contributed by atoms with Gasteiger partial charge in [0.1, 0.15) is 10.8 Å². The number of aldehydes is 1. The van der Waals surface area contributed by atoms with Crippen LogP contribution >= 0.6 is 11.3 Å². The molecule has 2 rings (SSSR count). The molecule has 3 nitrogen and oxygen atoms in total. The Bertz CT molecular complexity index is 465. The standard InChI is InChI=1S/C11H9NO2S/c1-14-10-8(7-13)3-2-4-9(10)11-12-5-6-15-11/h2-7H,1H3. The van der Waals surface area contributed by atoms with Gasteiger partial charge in [-0.25, -0.2) is 4.98 Å². The number of benzene rings is 1. The van der Waals surface area contributed by atoms with Gasteiger partial charge in [0, 0.05) is 11.6 Å². The van der Waals surface area contributed by atoms with Gasteiger partial charge in [0.2, 0.25) is 0 Å². The van der Waals surface area contributed by atoms with Crippen molar-refractivity contribution in [1.82, 2.24) is 4.98 Å². The number of nitrogens with zero attached hydrogens (tertiary/aromatic N) is 1. The minimum Gasteiger partial charge on any atom is -0.495 e. The molecule has 0 amide bonds. The Morgan fingerprint density at radius 2 is 2.33 bits per heavy atom. The van der Waals surface area contributed by atoms with Gasteiger partial charge in [0.15, 0.2) is 6.29 Å². The molecule has 0 radical (unpaired) electrons. The van der Waals surface area contributed by atoms with Crippen molar-refractivity contribution in [3.8, 4) is 16.3 Å². The number of methoxy groups -OCH3 is 1. The van der Waals surface area contributed by atoms with Gasteiger partial charge in [-0.05, 0) is 12.1 Å². The van der Waals surface area contributed by atoms with Crippen molar-refractivity contribution < 1.29 is 9.53 Å². The summed E-state index contributed by atoms with van der Waals surface area (Å²) in [7, 11) is 1.56. The van der Waals surface area contributed by atoms with E-state index >= 15 is 0 Å². The van der Waals surface area contributed by atoms with Crippen LogP contribution in [0.15, 0.2) is 29.8 Å². The lowest BCUT2D eigenvalue weighted by molar-refractivity contribution is 0.112. The predicted molar refractivity (Wildman–Crippen MR) is 59.5 cm³/mol. The first-order valence-electron chi connectivity index (χ1n) is 4.39. The van der Waals surface area contributed by atoms with Crippen LogP contribution in [-0.2, 0) is 0 Å². The Balaban J connectivity index is 2.61. The maximum atomic E-state index is 10.8. The molecule has 0 fully saturated rings. The maximum absolute atomic E-state index is 10.8. The first-order valence-corrected chi connectivity index (χ1v) is 5.27. The van der Waals surface area contributed by atoms with E-state index in [1.807, 2.05) is 17.5 Å². The summed E-state index contributed by atoms with van der Waals surface area (Å²) in [5, 5.41) is 2.75. The predicted octanol–water partition coefficient (Wildman–Crippen LogP) is 2.63. The highest BCUT2D eigenvalue weighted by molar-refractivity contribution is 7.13. The van der Waals surface area contributed by atoms with E-state index < -0.39 is 0 Å². The molecule has 0 bridgehead atoms. The molecule has 0 aliphatic rings. The molecule has 76 valence electrons. The fourth-order valence-corrected chi connectivity index (χ4v) is 2.06. The van der Waals surface area contributed by atoms with Gasteiger partial charge in [-0.2, -0.15) is 0 Å². The smallest absolute Gasteiger partial charge is 0.153 e. The average Bonchev–Trinajstić information content (AvgIpc) is 2.81. The van der Waals surface area contributed by atoms with Crippen LogP contribution in [0.4, 0.5) is 0 Å². The Labute approximate surface area is 91.4 Å². The SMILES string of the molecule is COc1c(C=O)cccc1-c1nccs1. The summed E-state index contributed by atoms with van der Waals surface area (Å²) in [6.45, 7) is 0. The monoisotopic (exact) mass is 219 g/mol. The first-order chi connectivity index (χ1) is 7.36. The third kappa shape index (κ3) is 1.76. The van der Waals surface area contributed by atoms with Gasteiger partial charge in [-0.3, -0.25) is 4.79 Å². The Hall–Kier alpha value is -1.68. The summed E-state index contributed by atoms with van der Waals surface area (Å²) >= 11 is 1.52. The number of hydrogen-bond donors (Lipinski definition) is 0. The van der Waals surface area contributed by atoms with E-state index in [-0.39, 0.29) is 0 Å². The molecule has 1 aromatic carbocycles. The zero-order valence-corrected chi connectivity index (χ0v) is 8.95. The third-order valence-corrected chi connectivity index (χ3v) is 2.85. The largest absolute Gasteiger partial charge is 0.495 e. The molecule has 4 heteroatoms. The zero-order chi connectivity index (χ0) is 10.7. The van der Waals surface area contributed by atoms with E-state index in [9.17, 15) is 4.79 Å². The number of carbonyl (C=O) groups is 1. The van der Waals surface area contributed by atoms with Gasteiger partial charge in [0.05, 0.1) is 18.2 Å². The number of carbonyl (C=O) groups excluding carboxylic acids is 1.